The van der Waals surface area contributed by atoms with E-state index in [-0.39, 0.29) is 19.3 Å². The molecule has 1 amide bonds. The monoisotopic (exact) mass is 369 g/mol. The fourth-order valence-corrected chi connectivity index (χ4v) is 2.72. The third-order valence-electron chi connectivity index (χ3n) is 4.12. The molecule has 0 aliphatic rings. The van der Waals surface area contributed by atoms with Gasteiger partial charge < -0.3 is 15.2 Å². The molecule has 0 bridgehead atoms. The van der Waals surface area contributed by atoms with Gasteiger partial charge in [-0.2, -0.15) is 0 Å². The first-order valence-corrected chi connectivity index (χ1v) is 8.79. The highest BCUT2D eigenvalue weighted by Gasteiger charge is 2.14. The first-order valence-electron chi connectivity index (χ1n) is 8.79. The predicted molar refractivity (Wildman–Crippen MR) is 103 cm³/mol. The summed E-state index contributed by atoms with van der Waals surface area (Å²) in [5.74, 6) is -1.25. The summed E-state index contributed by atoms with van der Waals surface area (Å²) in [6.45, 7) is 4.09. The zero-order chi connectivity index (χ0) is 19.8. The highest BCUT2D eigenvalue weighted by molar-refractivity contribution is 6.29. The van der Waals surface area contributed by atoms with Gasteiger partial charge in [0.1, 0.15) is 5.75 Å². The second kappa shape index (κ2) is 9.52. The van der Waals surface area contributed by atoms with Crippen LogP contribution in [0.2, 0.25) is 0 Å². The maximum atomic E-state index is 11.5. The van der Waals surface area contributed by atoms with E-state index in [4.69, 9.17) is 9.84 Å². The molecule has 2 aromatic carbocycles. The van der Waals surface area contributed by atoms with Crippen molar-refractivity contribution in [2.45, 2.75) is 33.1 Å². The SMILES string of the molecule is CCc1cccc(-c2cc(C)c(NC(=O)C=O)c(OCCCC(=O)O)c2)c1. The summed E-state index contributed by atoms with van der Waals surface area (Å²) in [7, 11) is 0. The number of amides is 1. The minimum Gasteiger partial charge on any atom is -0.491 e. The van der Waals surface area contributed by atoms with Crippen molar-refractivity contribution in [2.24, 2.45) is 0 Å². The molecule has 2 rings (SSSR count). The molecule has 2 N–H and O–H groups in total. The van der Waals surface area contributed by atoms with E-state index in [1.165, 1.54) is 5.56 Å². The molecule has 0 aliphatic carbocycles. The molecule has 0 atom stereocenters. The summed E-state index contributed by atoms with van der Waals surface area (Å²) >= 11 is 0. The van der Waals surface area contributed by atoms with Crippen molar-refractivity contribution in [1.29, 1.82) is 0 Å². The van der Waals surface area contributed by atoms with Gasteiger partial charge in [-0.05, 0) is 54.2 Å². The molecule has 0 saturated carbocycles. The first kappa shape index (κ1) is 20.2. The van der Waals surface area contributed by atoms with Gasteiger partial charge in [0.25, 0.3) is 5.91 Å². The number of anilines is 1. The van der Waals surface area contributed by atoms with Crippen LogP contribution >= 0.6 is 0 Å². The lowest BCUT2D eigenvalue weighted by atomic mass is 9.99. The van der Waals surface area contributed by atoms with E-state index in [1.807, 2.05) is 25.1 Å². The van der Waals surface area contributed by atoms with Crippen LogP contribution in [0.4, 0.5) is 5.69 Å². The maximum Gasteiger partial charge on any atom is 0.303 e. The number of nitrogens with one attached hydrogen (secondary N) is 1. The summed E-state index contributed by atoms with van der Waals surface area (Å²) in [4.78, 5) is 32.9. The predicted octanol–water partition coefficient (Wildman–Crippen LogP) is 3.61. The van der Waals surface area contributed by atoms with Crippen LogP contribution in [0.1, 0.15) is 30.9 Å². The zero-order valence-corrected chi connectivity index (χ0v) is 15.5. The van der Waals surface area contributed by atoms with Crippen LogP contribution in [0.5, 0.6) is 5.75 Å². The Balaban J connectivity index is 2.37. The molecule has 142 valence electrons. The Morgan fingerprint density at radius 3 is 2.63 bits per heavy atom. The molecule has 0 spiro atoms. The number of carboxylic acids is 1. The van der Waals surface area contributed by atoms with E-state index < -0.39 is 11.9 Å². The number of aliphatic carboxylic acids is 1. The average molecular weight is 369 g/mol. The van der Waals surface area contributed by atoms with E-state index in [1.54, 1.807) is 6.07 Å². The molecule has 0 fully saturated rings. The van der Waals surface area contributed by atoms with Crippen molar-refractivity contribution in [3.8, 4) is 16.9 Å². The highest BCUT2D eigenvalue weighted by Crippen LogP contribution is 2.35. The second-order valence-corrected chi connectivity index (χ2v) is 6.17. The van der Waals surface area contributed by atoms with Crippen LogP contribution in [0.3, 0.4) is 0 Å². The fraction of sp³-hybridized carbons (Fsp3) is 0.286. The fourth-order valence-electron chi connectivity index (χ4n) is 2.72. The number of carbonyl (C=O) groups is 3. The third kappa shape index (κ3) is 5.67. The summed E-state index contributed by atoms with van der Waals surface area (Å²) < 4.78 is 5.74. The van der Waals surface area contributed by atoms with Crippen molar-refractivity contribution < 1.29 is 24.2 Å². The summed E-state index contributed by atoms with van der Waals surface area (Å²) in [6.07, 6.45) is 1.45. The smallest absolute Gasteiger partial charge is 0.303 e. The number of rotatable bonds is 9. The molecule has 27 heavy (non-hydrogen) atoms. The lowest BCUT2D eigenvalue weighted by molar-refractivity contribution is -0.137. The van der Waals surface area contributed by atoms with Crippen molar-refractivity contribution in [2.75, 3.05) is 11.9 Å². The molecule has 6 nitrogen and oxygen atoms in total. The lowest BCUT2D eigenvalue weighted by Crippen LogP contribution is -2.15. The van der Waals surface area contributed by atoms with E-state index >= 15 is 0 Å². The second-order valence-electron chi connectivity index (χ2n) is 6.17. The summed E-state index contributed by atoms with van der Waals surface area (Å²) in [5.41, 5.74) is 4.30. The quantitative estimate of drug-likeness (QED) is 0.400. The highest BCUT2D eigenvalue weighted by atomic mass is 16.5. The maximum absolute atomic E-state index is 11.5. The standard InChI is InChI=1S/C21H23NO5/c1-3-15-6-4-7-16(11-15)17-10-14(2)21(22-19(24)13-23)18(12-17)27-9-5-8-20(25)26/h4,6-7,10-13H,3,5,8-9H2,1-2H3,(H,22,24)(H,25,26). The normalized spacial score (nSPS) is 10.3. The largest absolute Gasteiger partial charge is 0.491 e. The van der Waals surface area contributed by atoms with Crippen molar-refractivity contribution >= 4 is 23.9 Å². The molecule has 0 aromatic heterocycles. The first-order chi connectivity index (χ1) is 12.9. The van der Waals surface area contributed by atoms with E-state index in [0.29, 0.717) is 17.9 Å². The number of benzene rings is 2. The number of hydrogen-bond donors (Lipinski definition) is 2. The Kier molecular flexibility index (Phi) is 7.11. The van der Waals surface area contributed by atoms with E-state index in [0.717, 1.165) is 23.1 Å². The van der Waals surface area contributed by atoms with Crippen molar-refractivity contribution in [3.05, 3.63) is 47.5 Å². The van der Waals surface area contributed by atoms with Gasteiger partial charge >= 0.3 is 5.97 Å². The minimum atomic E-state index is -0.894. The Bertz CT molecular complexity index is 844. The zero-order valence-electron chi connectivity index (χ0n) is 15.5. The molecule has 0 unspecified atom stereocenters. The summed E-state index contributed by atoms with van der Waals surface area (Å²) in [5, 5.41) is 11.3. The molecular weight excluding hydrogens is 346 g/mol. The number of aryl methyl sites for hydroxylation is 2. The Hall–Kier alpha value is -3.15. The van der Waals surface area contributed by atoms with Gasteiger partial charge in [0.15, 0.2) is 0 Å². The Morgan fingerprint density at radius 2 is 1.96 bits per heavy atom. The number of ether oxygens (including phenoxy) is 1. The molecular formula is C21H23NO5. The Labute approximate surface area is 158 Å². The Morgan fingerprint density at radius 1 is 1.19 bits per heavy atom. The van der Waals surface area contributed by atoms with Gasteiger partial charge in [-0.1, -0.05) is 31.2 Å². The van der Waals surface area contributed by atoms with Gasteiger partial charge in [-0.3, -0.25) is 14.4 Å². The van der Waals surface area contributed by atoms with Crippen LogP contribution in [0.25, 0.3) is 11.1 Å². The van der Waals surface area contributed by atoms with Crippen LogP contribution in [0, 0.1) is 6.92 Å². The van der Waals surface area contributed by atoms with Crippen LogP contribution in [-0.4, -0.2) is 29.9 Å². The van der Waals surface area contributed by atoms with Crippen LogP contribution in [0.15, 0.2) is 36.4 Å². The van der Waals surface area contributed by atoms with E-state index in [9.17, 15) is 14.4 Å². The number of hydrogen-bond acceptors (Lipinski definition) is 4. The van der Waals surface area contributed by atoms with E-state index in [2.05, 4.69) is 24.4 Å². The average Bonchev–Trinajstić information content (AvgIpc) is 2.66. The van der Waals surface area contributed by atoms with Crippen LogP contribution in [-0.2, 0) is 20.8 Å². The van der Waals surface area contributed by atoms with Crippen LogP contribution < -0.4 is 10.1 Å². The van der Waals surface area contributed by atoms with Gasteiger partial charge in [0.05, 0.1) is 12.3 Å². The lowest BCUT2D eigenvalue weighted by Gasteiger charge is -2.16. The third-order valence-corrected chi connectivity index (χ3v) is 4.12. The van der Waals surface area contributed by atoms with Crippen molar-refractivity contribution in [1.82, 2.24) is 0 Å². The van der Waals surface area contributed by atoms with Gasteiger partial charge in [-0.15, -0.1) is 0 Å². The minimum absolute atomic E-state index is 0.00670. The number of carbonyl (C=O) groups excluding carboxylic acids is 2. The molecule has 0 heterocycles. The van der Waals surface area contributed by atoms with Gasteiger partial charge in [0, 0.05) is 6.42 Å². The van der Waals surface area contributed by atoms with Gasteiger partial charge in [-0.25, -0.2) is 0 Å². The molecule has 6 heteroatoms. The molecule has 0 aliphatic heterocycles. The van der Waals surface area contributed by atoms with Crippen molar-refractivity contribution in [3.63, 3.8) is 0 Å². The number of carboxylic acid groups (broad SMARTS) is 1. The molecule has 0 saturated heterocycles. The van der Waals surface area contributed by atoms with Gasteiger partial charge in [0.2, 0.25) is 6.29 Å². The molecule has 0 radical (unpaired) electrons. The molecule has 2 aromatic rings. The number of aldehydes is 1. The summed E-state index contributed by atoms with van der Waals surface area (Å²) in [6, 6.07) is 11.8. The topological polar surface area (TPSA) is 92.7 Å².